The first-order valence-corrected chi connectivity index (χ1v) is 5.69. The Kier molecular flexibility index (Phi) is 2.83. The van der Waals surface area contributed by atoms with Crippen LogP contribution in [0.1, 0.15) is 9.67 Å². The molecule has 76 valence electrons. The van der Waals surface area contributed by atoms with Crippen molar-refractivity contribution in [1.82, 2.24) is 4.37 Å². The monoisotopic (exact) mass is 283 g/mol. The van der Waals surface area contributed by atoms with Gasteiger partial charge >= 0.3 is 5.97 Å². The Morgan fingerprint density at radius 3 is 2.53 bits per heavy atom. The molecular weight excluding hydrogens is 278 g/mol. The fourth-order valence-corrected chi connectivity index (χ4v) is 1.99. The first-order valence-electron chi connectivity index (χ1n) is 4.13. The number of benzene rings is 1. The van der Waals surface area contributed by atoms with Gasteiger partial charge in [-0.1, -0.05) is 28.1 Å². The third kappa shape index (κ3) is 2.24. The highest BCUT2D eigenvalue weighted by atomic mass is 79.9. The fraction of sp³-hybridized carbons (Fsp3) is 0. The molecule has 3 nitrogen and oxygen atoms in total. The van der Waals surface area contributed by atoms with Crippen molar-refractivity contribution in [1.29, 1.82) is 0 Å². The van der Waals surface area contributed by atoms with Crippen molar-refractivity contribution in [2.75, 3.05) is 0 Å². The molecule has 0 spiro atoms. The van der Waals surface area contributed by atoms with Gasteiger partial charge in [0.2, 0.25) is 0 Å². The molecule has 0 radical (unpaired) electrons. The van der Waals surface area contributed by atoms with Crippen LogP contribution in [0.25, 0.3) is 11.3 Å². The summed E-state index contributed by atoms with van der Waals surface area (Å²) >= 11 is 4.33. The predicted molar refractivity (Wildman–Crippen MR) is 62.2 cm³/mol. The summed E-state index contributed by atoms with van der Waals surface area (Å²) in [6.45, 7) is 0. The van der Waals surface area contributed by atoms with E-state index in [0.717, 1.165) is 21.6 Å². The summed E-state index contributed by atoms with van der Waals surface area (Å²) in [5.41, 5.74) is 1.62. The number of carboxylic acid groups (broad SMARTS) is 1. The van der Waals surface area contributed by atoms with E-state index in [0.29, 0.717) is 5.69 Å². The molecule has 0 atom stereocenters. The lowest BCUT2D eigenvalue weighted by atomic mass is 10.1. The number of hydrogen-bond donors (Lipinski definition) is 1. The van der Waals surface area contributed by atoms with Crippen molar-refractivity contribution in [3.63, 3.8) is 0 Å². The summed E-state index contributed by atoms with van der Waals surface area (Å²) in [6, 6.07) is 9.16. The summed E-state index contributed by atoms with van der Waals surface area (Å²) in [5, 5.41) is 8.75. The van der Waals surface area contributed by atoms with Gasteiger partial charge in [-0.15, -0.1) is 0 Å². The van der Waals surface area contributed by atoms with E-state index in [2.05, 4.69) is 20.3 Å². The van der Waals surface area contributed by atoms with Crippen LogP contribution < -0.4 is 0 Å². The molecule has 2 rings (SSSR count). The maximum atomic E-state index is 10.7. The summed E-state index contributed by atoms with van der Waals surface area (Å²) < 4.78 is 5.07. The molecule has 0 fully saturated rings. The normalized spacial score (nSPS) is 10.2. The second kappa shape index (κ2) is 4.12. The third-order valence-electron chi connectivity index (χ3n) is 1.86. The molecule has 5 heteroatoms. The molecule has 0 unspecified atom stereocenters. The van der Waals surface area contributed by atoms with Crippen molar-refractivity contribution >= 4 is 33.4 Å². The summed E-state index contributed by atoms with van der Waals surface area (Å²) in [4.78, 5) is 10.9. The molecule has 0 aliphatic heterocycles. The van der Waals surface area contributed by atoms with Crippen molar-refractivity contribution in [2.45, 2.75) is 0 Å². The highest BCUT2D eigenvalue weighted by molar-refractivity contribution is 9.10. The first kappa shape index (κ1) is 10.3. The Labute approximate surface area is 98.7 Å². The molecule has 0 saturated carbocycles. The first-order chi connectivity index (χ1) is 7.16. The SMILES string of the molecule is O=C(O)c1cc(-c2ccc(Br)cc2)ns1. The number of hydrogen-bond acceptors (Lipinski definition) is 3. The summed E-state index contributed by atoms with van der Waals surface area (Å²) in [6.07, 6.45) is 0. The number of aromatic nitrogens is 1. The van der Waals surface area contributed by atoms with E-state index in [1.54, 1.807) is 6.07 Å². The van der Waals surface area contributed by atoms with Crippen molar-refractivity contribution < 1.29 is 9.90 Å². The van der Waals surface area contributed by atoms with Gasteiger partial charge < -0.3 is 5.11 Å². The zero-order chi connectivity index (χ0) is 10.8. The number of nitrogens with zero attached hydrogens (tertiary/aromatic N) is 1. The van der Waals surface area contributed by atoms with Crippen molar-refractivity contribution in [3.05, 3.63) is 39.7 Å². The van der Waals surface area contributed by atoms with Crippen LogP contribution in [0.4, 0.5) is 0 Å². The second-order valence-electron chi connectivity index (χ2n) is 2.89. The van der Waals surface area contributed by atoms with Gasteiger partial charge in [0.1, 0.15) is 4.88 Å². The van der Waals surface area contributed by atoms with E-state index >= 15 is 0 Å². The van der Waals surface area contributed by atoms with Gasteiger partial charge in [-0.3, -0.25) is 0 Å². The molecule has 0 aliphatic carbocycles. The number of halogens is 1. The van der Waals surface area contributed by atoms with E-state index < -0.39 is 5.97 Å². The van der Waals surface area contributed by atoms with Gasteiger partial charge in [-0.25, -0.2) is 4.79 Å². The zero-order valence-electron chi connectivity index (χ0n) is 7.48. The largest absolute Gasteiger partial charge is 0.477 e. The van der Waals surface area contributed by atoms with Crippen molar-refractivity contribution in [2.24, 2.45) is 0 Å². The lowest BCUT2D eigenvalue weighted by Crippen LogP contribution is -1.89. The van der Waals surface area contributed by atoms with Crippen LogP contribution in [0.15, 0.2) is 34.8 Å². The van der Waals surface area contributed by atoms with Gasteiger partial charge in [0.25, 0.3) is 0 Å². The highest BCUT2D eigenvalue weighted by Gasteiger charge is 2.09. The van der Waals surface area contributed by atoms with Crippen LogP contribution in [-0.2, 0) is 0 Å². The molecular formula is C10H6BrNO2S. The van der Waals surface area contributed by atoms with Crippen LogP contribution in [0.2, 0.25) is 0 Å². The van der Waals surface area contributed by atoms with E-state index in [4.69, 9.17) is 5.11 Å². The van der Waals surface area contributed by atoms with Crippen LogP contribution >= 0.6 is 27.5 Å². The van der Waals surface area contributed by atoms with Gasteiger partial charge in [-0.2, -0.15) is 4.37 Å². The van der Waals surface area contributed by atoms with E-state index in [1.165, 1.54) is 0 Å². The highest BCUT2D eigenvalue weighted by Crippen LogP contribution is 2.23. The van der Waals surface area contributed by atoms with Crippen LogP contribution in [0.5, 0.6) is 0 Å². The molecule has 1 N–H and O–H groups in total. The lowest BCUT2D eigenvalue weighted by Gasteiger charge is -1.95. The molecule has 0 saturated heterocycles. The number of rotatable bonds is 2. The Morgan fingerprint density at radius 2 is 2.00 bits per heavy atom. The van der Waals surface area contributed by atoms with E-state index in [1.807, 2.05) is 24.3 Å². The third-order valence-corrected chi connectivity index (χ3v) is 3.17. The molecule has 0 aliphatic rings. The Bertz CT molecular complexity index is 492. The van der Waals surface area contributed by atoms with Gasteiger partial charge in [0, 0.05) is 10.0 Å². The number of carboxylic acids is 1. The molecule has 1 aromatic carbocycles. The Hall–Kier alpha value is -1.20. The van der Waals surface area contributed by atoms with E-state index in [9.17, 15) is 4.79 Å². The maximum absolute atomic E-state index is 10.7. The number of aromatic carboxylic acids is 1. The minimum Gasteiger partial charge on any atom is -0.477 e. The maximum Gasteiger partial charge on any atom is 0.347 e. The molecule has 1 aromatic heterocycles. The predicted octanol–water partition coefficient (Wildman–Crippen LogP) is 3.27. The standard InChI is InChI=1S/C10H6BrNO2S/c11-7-3-1-6(2-4-7)8-5-9(10(13)14)15-12-8/h1-5H,(H,13,14). The smallest absolute Gasteiger partial charge is 0.347 e. The molecule has 15 heavy (non-hydrogen) atoms. The topological polar surface area (TPSA) is 50.2 Å². The summed E-state index contributed by atoms with van der Waals surface area (Å²) in [7, 11) is 0. The van der Waals surface area contributed by atoms with Crippen LogP contribution in [-0.4, -0.2) is 15.4 Å². The Balaban J connectivity index is 2.37. The minimum atomic E-state index is -0.934. The number of carbonyl (C=O) groups is 1. The molecule has 2 aromatic rings. The average molecular weight is 284 g/mol. The fourth-order valence-electron chi connectivity index (χ4n) is 1.13. The Morgan fingerprint density at radius 1 is 1.33 bits per heavy atom. The molecule has 1 heterocycles. The molecule has 0 amide bonds. The van der Waals surface area contributed by atoms with Crippen molar-refractivity contribution in [3.8, 4) is 11.3 Å². The second-order valence-corrected chi connectivity index (χ2v) is 4.61. The van der Waals surface area contributed by atoms with Gasteiger partial charge in [0.15, 0.2) is 0 Å². The van der Waals surface area contributed by atoms with Crippen LogP contribution in [0.3, 0.4) is 0 Å². The lowest BCUT2D eigenvalue weighted by molar-refractivity contribution is 0.0702. The van der Waals surface area contributed by atoms with Gasteiger partial charge in [-0.05, 0) is 29.7 Å². The van der Waals surface area contributed by atoms with Gasteiger partial charge in [0.05, 0.1) is 5.69 Å². The quantitative estimate of drug-likeness (QED) is 0.920. The molecule has 0 bridgehead atoms. The summed E-state index contributed by atoms with van der Waals surface area (Å²) in [5.74, 6) is -0.934. The average Bonchev–Trinajstić information content (AvgIpc) is 2.68. The van der Waals surface area contributed by atoms with Crippen LogP contribution in [0, 0.1) is 0 Å². The zero-order valence-corrected chi connectivity index (χ0v) is 9.88. The van der Waals surface area contributed by atoms with E-state index in [-0.39, 0.29) is 4.88 Å². The minimum absolute atomic E-state index is 0.257.